The van der Waals surface area contributed by atoms with E-state index in [4.69, 9.17) is 5.84 Å². The average molecular weight is 253 g/mol. The fraction of sp³-hybridized carbons (Fsp3) is 0.500. The molecule has 0 spiro atoms. The number of nitrogens with two attached hydrogens (primary N) is 1. The summed E-state index contributed by atoms with van der Waals surface area (Å²) in [6.07, 6.45) is 3.89. The van der Waals surface area contributed by atoms with E-state index >= 15 is 0 Å². The minimum atomic E-state index is -0.0640. The van der Waals surface area contributed by atoms with Crippen LogP contribution >= 0.6 is 11.8 Å². The monoisotopic (exact) mass is 253 g/mol. The van der Waals surface area contributed by atoms with Crippen LogP contribution in [0.25, 0.3) is 0 Å². The maximum Gasteiger partial charge on any atom is 0.230 e. The molecule has 6 nitrogen and oxygen atoms in total. The zero-order valence-corrected chi connectivity index (χ0v) is 10.2. The van der Waals surface area contributed by atoms with Gasteiger partial charge in [0.2, 0.25) is 11.1 Å². The minimum absolute atomic E-state index is 0.0640. The van der Waals surface area contributed by atoms with Crippen LogP contribution in [-0.4, -0.2) is 33.1 Å². The Kier molecular flexibility index (Phi) is 3.68. The van der Waals surface area contributed by atoms with Crippen LogP contribution < -0.4 is 11.2 Å². The van der Waals surface area contributed by atoms with E-state index in [0.29, 0.717) is 17.6 Å². The third-order valence-corrected chi connectivity index (χ3v) is 3.35. The van der Waals surface area contributed by atoms with Crippen molar-refractivity contribution in [2.24, 2.45) is 0 Å². The molecule has 3 N–H and O–H groups in total. The van der Waals surface area contributed by atoms with E-state index in [1.165, 1.54) is 16.4 Å². The summed E-state index contributed by atoms with van der Waals surface area (Å²) < 4.78 is 1.49. The molecule has 7 heteroatoms. The summed E-state index contributed by atoms with van der Waals surface area (Å²) >= 11 is 1.29. The third-order valence-electron chi connectivity index (χ3n) is 2.41. The van der Waals surface area contributed by atoms with E-state index in [1.807, 2.05) is 0 Å². The summed E-state index contributed by atoms with van der Waals surface area (Å²) in [4.78, 5) is 11.4. The summed E-state index contributed by atoms with van der Waals surface area (Å²) in [5.74, 6) is 7.35. The summed E-state index contributed by atoms with van der Waals surface area (Å²) in [6, 6.07) is 0. The molecule has 92 valence electrons. The number of hydrogen-bond donors (Lipinski definition) is 2. The van der Waals surface area contributed by atoms with Crippen molar-refractivity contribution in [3.8, 4) is 0 Å². The molecule has 17 heavy (non-hydrogen) atoms. The van der Waals surface area contributed by atoms with E-state index in [0.717, 1.165) is 18.7 Å². The van der Waals surface area contributed by atoms with Gasteiger partial charge >= 0.3 is 0 Å². The number of nitrogen functional groups attached to an aromatic ring is 1. The van der Waals surface area contributed by atoms with Crippen LogP contribution in [0.15, 0.2) is 17.8 Å². The first-order valence-electron chi connectivity index (χ1n) is 5.43. The largest absolute Gasteiger partial charge is 0.352 e. The molecule has 2 rings (SSSR count). The molecule has 0 aromatic carbocycles. The van der Waals surface area contributed by atoms with E-state index in [-0.39, 0.29) is 11.7 Å². The van der Waals surface area contributed by atoms with Crippen LogP contribution in [0.2, 0.25) is 0 Å². The zero-order valence-electron chi connectivity index (χ0n) is 9.43. The summed E-state index contributed by atoms with van der Waals surface area (Å²) in [5.41, 5.74) is 0. The Labute approximate surface area is 104 Å². The molecule has 0 unspecified atom stereocenters. The molecule has 0 saturated heterocycles. The van der Waals surface area contributed by atoms with Gasteiger partial charge in [-0.1, -0.05) is 17.8 Å². The topological polar surface area (TPSA) is 85.8 Å². The number of amides is 1. The number of nitrogens with zero attached hydrogens (tertiary/aromatic N) is 3. The van der Waals surface area contributed by atoms with Crippen molar-refractivity contribution < 1.29 is 4.79 Å². The van der Waals surface area contributed by atoms with Gasteiger partial charge in [-0.2, -0.15) is 0 Å². The Balaban J connectivity index is 1.86. The van der Waals surface area contributed by atoms with Gasteiger partial charge in [-0.15, -0.1) is 16.8 Å². The predicted octanol–water partition coefficient (Wildman–Crippen LogP) is 0.264. The summed E-state index contributed by atoms with van der Waals surface area (Å²) in [5, 5.41) is 11.3. The van der Waals surface area contributed by atoms with E-state index in [9.17, 15) is 4.79 Å². The van der Waals surface area contributed by atoms with Crippen LogP contribution in [-0.2, 0) is 4.79 Å². The van der Waals surface area contributed by atoms with Crippen molar-refractivity contribution in [3.05, 3.63) is 18.5 Å². The molecule has 0 radical (unpaired) electrons. The van der Waals surface area contributed by atoms with Crippen molar-refractivity contribution in [3.63, 3.8) is 0 Å². The van der Waals surface area contributed by atoms with Gasteiger partial charge in [0.05, 0.1) is 5.75 Å². The molecule has 0 aliphatic heterocycles. The highest BCUT2D eigenvalue weighted by Crippen LogP contribution is 2.39. The molecule has 1 heterocycles. The number of thioether (sulfide) groups is 1. The first kappa shape index (κ1) is 12.0. The summed E-state index contributed by atoms with van der Waals surface area (Å²) in [6.45, 7) is 4.00. The van der Waals surface area contributed by atoms with Crippen molar-refractivity contribution in [2.75, 3.05) is 18.1 Å². The second-order valence-electron chi connectivity index (χ2n) is 3.87. The van der Waals surface area contributed by atoms with Gasteiger partial charge in [0.15, 0.2) is 5.82 Å². The number of aromatic nitrogens is 3. The molecular weight excluding hydrogens is 238 g/mol. The number of carbonyl (C=O) groups is 1. The van der Waals surface area contributed by atoms with Crippen molar-refractivity contribution in [2.45, 2.75) is 23.9 Å². The number of nitrogens with one attached hydrogen (secondary N) is 1. The fourth-order valence-corrected chi connectivity index (χ4v) is 2.07. The molecule has 1 fully saturated rings. The zero-order chi connectivity index (χ0) is 12.3. The van der Waals surface area contributed by atoms with Gasteiger partial charge in [-0.05, 0) is 12.8 Å². The Morgan fingerprint density at radius 3 is 3.06 bits per heavy atom. The van der Waals surface area contributed by atoms with Crippen molar-refractivity contribution in [1.82, 2.24) is 20.2 Å². The molecule has 1 amide bonds. The lowest BCUT2D eigenvalue weighted by molar-refractivity contribution is -0.118. The molecule has 1 aromatic heterocycles. The van der Waals surface area contributed by atoms with Gasteiger partial charge in [0.1, 0.15) is 0 Å². The molecular formula is C10H15N5OS. The van der Waals surface area contributed by atoms with Gasteiger partial charge in [-0.25, -0.2) is 4.68 Å². The van der Waals surface area contributed by atoms with E-state index < -0.39 is 0 Å². The standard InChI is InChI=1S/C10H15N5OS/c1-2-5-12-8(16)6-17-10-14-13-9(15(10)11)7-3-4-7/h2,7H,1,3-6,11H2,(H,12,16). The SMILES string of the molecule is C=CCNC(=O)CSc1nnc(C2CC2)n1N. The maximum absolute atomic E-state index is 11.4. The Hall–Kier alpha value is -1.50. The second-order valence-corrected chi connectivity index (χ2v) is 4.81. The smallest absolute Gasteiger partial charge is 0.230 e. The molecule has 0 atom stereocenters. The number of carbonyl (C=O) groups excluding carboxylic acids is 1. The van der Waals surface area contributed by atoms with Gasteiger partial charge < -0.3 is 11.2 Å². The molecule has 1 aromatic rings. The first-order valence-corrected chi connectivity index (χ1v) is 6.41. The highest BCUT2D eigenvalue weighted by molar-refractivity contribution is 7.99. The normalized spacial score (nSPS) is 14.6. The molecule has 1 saturated carbocycles. The van der Waals surface area contributed by atoms with Crippen LogP contribution in [0.3, 0.4) is 0 Å². The highest BCUT2D eigenvalue weighted by Gasteiger charge is 2.29. The number of hydrogen-bond acceptors (Lipinski definition) is 5. The maximum atomic E-state index is 11.4. The van der Waals surface area contributed by atoms with E-state index in [2.05, 4.69) is 22.1 Å². The summed E-state index contributed by atoms with van der Waals surface area (Å²) in [7, 11) is 0. The second kappa shape index (κ2) is 5.22. The third kappa shape index (κ3) is 3.00. The molecule has 1 aliphatic rings. The molecule has 0 bridgehead atoms. The van der Waals surface area contributed by atoms with Crippen LogP contribution in [0, 0.1) is 0 Å². The average Bonchev–Trinajstić information content (AvgIpc) is 3.09. The lowest BCUT2D eigenvalue weighted by Crippen LogP contribution is -2.25. The van der Waals surface area contributed by atoms with Crippen LogP contribution in [0.1, 0.15) is 24.6 Å². The van der Waals surface area contributed by atoms with Crippen molar-refractivity contribution in [1.29, 1.82) is 0 Å². The molecule has 1 aliphatic carbocycles. The van der Waals surface area contributed by atoms with Gasteiger partial charge in [0.25, 0.3) is 0 Å². The highest BCUT2D eigenvalue weighted by atomic mass is 32.2. The Morgan fingerprint density at radius 2 is 2.41 bits per heavy atom. The van der Waals surface area contributed by atoms with E-state index in [1.54, 1.807) is 6.08 Å². The fourth-order valence-electron chi connectivity index (χ4n) is 1.37. The van der Waals surface area contributed by atoms with Gasteiger partial charge in [-0.3, -0.25) is 4.79 Å². The van der Waals surface area contributed by atoms with Gasteiger partial charge in [0, 0.05) is 12.5 Å². The quantitative estimate of drug-likeness (QED) is 0.431. The first-order chi connectivity index (χ1) is 8.22. The van der Waals surface area contributed by atoms with Crippen LogP contribution in [0.4, 0.5) is 0 Å². The lowest BCUT2D eigenvalue weighted by atomic mass is 10.4. The van der Waals surface area contributed by atoms with Crippen molar-refractivity contribution >= 4 is 17.7 Å². The predicted molar refractivity (Wildman–Crippen MR) is 66.1 cm³/mol. The van der Waals surface area contributed by atoms with Crippen LogP contribution in [0.5, 0.6) is 0 Å². The Bertz CT molecular complexity index is 426. The minimum Gasteiger partial charge on any atom is -0.352 e. The lowest BCUT2D eigenvalue weighted by Gasteiger charge is -2.03. The number of rotatable bonds is 6. The Morgan fingerprint density at radius 1 is 1.65 bits per heavy atom.